The molecule has 1 aromatic heterocycles. The molecule has 1 aliphatic heterocycles. The predicted molar refractivity (Wildman–Crippen MR) is 139 cm³/mol. The van der Waals surface area contributed by atoms with Crippen LogP contribution in [0.2, 0.25) is 5.02 Å². The Morgan fingerprint density at radius 1 is 1.06 bits per heavy atom. The molecule has 2 heterocycles. The van der Waals surface area contributed by atoms with E-state index in [4.69, 9.17) is 11.6 Å². The Bertz CT molecular complexity index is 1280. The molecule has 0 bridgehead atoms. The summed E-state index contributed by atoms with van der Waals surface area (Å²) in [6.45, 7) is 14.7. The van der Waals surface area contributed by atoms with Gasteiger partial charge in [0.05, 0.1) is 16.2 Å². The van der Waals surface area contributed by atoms with E-state index in [9.17, 15) is 9.59 Å². The molecule has 0 saturated heterocycles. The van der Waals surface area contributed by atoms with Gasteiger partial charge in [0, 0.05) is 16.6 Å². The lowest BCUT2D eigenvalue weighted by molar-refractivity contribution is -0.129. The monoisotopic (exact) mass is 479 g/mol. The van der Waals surface area contributed by atoms with Crippen molar-refractivity contribution in [2.45, 2.75) is 73.0 Å². The normalized spacial score (nSPS) is 16.6. The number of hydrogen-bond acceptors (Lipinski definition) is 2. The SMILES string of the molecule is Cc1ccc(N2C(=O)Cn3c(c(Cl)c4ccccc43)C2C(=O)NC(C)(C)CC(C)(C)C)cc1C. The molecule has 0 saturated carbocycles. The highest BCUT2D eigenvalue weighted by molar-refractivity contribution is 6.37. The Labute approximate surface area is 207 Å². The molecule has 5 nitrogen and oxygen atoms in total. The average molecular weight is 480 g/mol. The number of aryl methyl sites for hydroxylation is 2. The van der Waals surface area contributed by atoms with Crippen LogP contribution < -0.4 is 10.2 Å². The fourth-order valence-electron chi connectivity index (χ4n) is 5.38. The second-order valence-corrected chi connectivity index (χ2v) is 11.7. The number of carbonyl (C=O) groups excluding carboxylic acids is 2. The number of para-hydroxylation sites is 1. The summed E-state index contributed by atoms with van der Waals surface area (Å²) in [7, 11) is 0. The van der Waals surface area contributed by atoms with Gasteiger partial charge in [0.25, 0.3) is 0 Å². The minimum absolute atomic E-state index is 0.0272. The highest BCUT2D eigenvalue weighted by Crippen LogP contribution is 2.42. The van der Waals surface area contributed by atoms with Crippen LogP contribution in [0.5, 0.6) is 0 Å². The molecular formula is C28H34ClN3O2. The topological polar surface area (TPSA) is 54.3 Å². The Morgan fingerprint density at radius 3 is 2.38 bits per heavy atom. The zero-order chi connectivity index (χ0) is 25.0. The summed E-state index contributed by atoms with van der Waals surface area (Å²) in [5.74, 6) is -0.367. The first-order chi connectivity index (χ1) is 15.8. The van der Waals surface area contributed by atoms with Gasteiger partial charge >= 0.3 is 0 Å². The molecule has 0 aliphatic carbocycles. The summed E-state index contributed by atoms with van der Waals surface area (Å²) in [6, 6.07) is 12.7. The van der Waals surface area contributed by atoms with Gasteiger partial charge in [-0.1, -0.05) is 56.6 Å². The summed E-state index contributed by atoms with van der Waals surface area (Å²) in [6.07, 6.45) is 0.784. The largest absolute Gasteiger partial charge is 0.349 e. The Balaban J connectivity index is 1.88. The van der Waals surface area contributed by atoms with Crippen molar-refractivity contribution in [2.24, 2.45) is 5.41 Å². The number of hydrogen-bond donors (Lipinski definition) is 1. The number of amides is 2. The van der Waals surface area contributed by atoms with E-state index in [2.05, 4.69) is 26.1 Å². The molecule has 180 valence electrons. The quantitative estimate of drug-likeness (QED) is 0.475. The van der Waals surface area contributed by atoms with Gasteiger partial charge < -0.3 is 9.88 Å². The van der Waals surface area contributed by atoms with Crippen molar-refractivity contribution in [3.8, 4) is 0 Å². The summed E-state index contributed by atoms with van der Waals surface area (Å²) < 4.78 is 1.90. The number of nitrogens with one attached hydrogen (secondary N) is 1. The summed E-state index contributed by atoms with van der Waals surface area (Å²) in [5, 5.41) is 4.60. The van der Waals surface area contributed by atoms with Gasteiger partial charge in [-0.15, -0.1) is 0 Å². The number of carbonyl (C=O) groups is 2. The van der Waals surface area contributed by atoms with Gasteiger partial charge in [-0.05, 0) is 68.9 Å². The minimum Gasteiger partial charge on any atom is -0.349 e. The molecule has 3 aromatic rings. The number of aromatic nitrogens is 1. The van der Waals surface area contributed by atoms with Gasteiger partial charge in [0.15, 0.2) is 6.04 Å². The third-order valence-corrected chi connectivity index (χ3v) is 6.87. The molecule has 0 spiro atoms. The Hall–Kier alpha value is -2.79. The lowest BCUT2D eigenvalue weighted by Gasteiger charge is -2.39. The van der Waals surface area contributed by atoms with E-state index < -0.39 is 11.6 Å². The van der Waals surface area contributed by atoms with Crippen LogP contribution >= 0.6 is 11.6 Å². The van der Waals surface area contributed by atoms with Crippen molar-refractivity contribution in [3.63, 3.8) is 0 Å². The van der Waals surface area contributed by atoms with Gasteiger partial charge in [0.2, 0.25) is 11.8 Å². The maximum absolute atomic E-state index is 14.0. The van der Waals surface area contributed by atoms with Crippen molar-refractivity contribution in [3.05, 3.63) is 64.3 Å². The van der Waals surface area contributed by atoms with Crippen LogP contribution in [0.15, 0.2) is 42.5 Å². The number of halogens is 1. The van der Waals surface area contributed by atoms with Crippen LogP contribution in [-0.2, 0) is 16.1 Å². The fourth-order valence-corrected chi connectivity index (χ4v) is 5.74. The second-order valence-electron chi connectivity index (χ2n) is 11.3. The van der Waals surface area contributed by atoms with Crippen LogP contribution in [0.4, 0.5) is 5.69 Å². The van der Waals surface area contributed by atoms with Crippen molar-refractivity contribution in [1.82, 2.24) is 9.88 Å². The molecule has 1 aliphatic rings. The molecule has 1 unspecified atom stereocenters. The van der Waals surface area contributed by atoms with Crippen molar-refractivity contribution >= 4 is 40.0 Å². The zero-order valence-electron chi connectivity index (χ0n) is 21.1. The molecule has 1 atom stereocenters. The molecule has 2 amide bonds. The fraction of sp³-hybridized carbons (Fsp3) is 0.429. The van der Waals surface area contributed by atoms with Crippen LogP contribution in [0.25, 0.3) is 10.9 Å². The van der Waals surface area contributed by atoms with E-state index in [0.29, 0.717) is 16.4 Å². The smallest absolute Gasteiger partial charge is 0.249 e. The van der Waals surface area contributed by atoms with Crippen LogP contribution in [0.1, 0.15) is 63.9 Å². The third-order valence-electron chi connectivity index (χ3n) is 6.48. The highest BCUT2D eigenvalue weighted by atomic mass is 35.5. The minimum atomic E-state index is -0.873. The van der Waals surface area contributed by atoms with Crippen LogP contribution in [-0.4, -0.2) is 21.9 Å². The van der Waals surface area contributed by atoms with E-state index in [-0.39, 0.29) is 23.8 Å². The maximum Gasteiger partial charge on any atom is 0.249 e. The zero-order valence-corrected chi connectivity index (χ0v) is 21.9. The van der Waals surface area contributed by atoms with Gasteiger partial charge in [0.1, 0.15) is 6.54 Å². The van der Waals surface area contributed by atoms with E-state index in [0.717, 1.165) is 28.5 Å². The molecule has 34 heavy (non-hydrogen) atoms. The van der Waals surface area contributed by atoms with Crippen molar-refractivity contribution < 1.29 is 9.59 Å². The lowest BCUT2D eigenvalue weighted by Crippen LogP contribution is -2.54. The molecule has 4 rings (SSSR count). The number of fused-ring (bicyclic) bond motifs is 3. The standard InChI is InChI=1S/C28H34ClN3O2/c1-17-12-13-19(14-18(17)2)32-22(33)15-31-21-11-9-8-10-20(21)23(29)24(31)25(32)26(34)30-28(6,7)16-27(3,4)5/h8-14,25H,15-16H2,1-7H3,(H,30,34). The average Bonchev–Trinajstić information content (AvgIpc) is 2.99. The molecule has 1 N–H and O–H groups in total. The molecule has 2 aromatic carbocycles. The van der Waals surface area contributed by atoms with Crippen molar-refractivity contribution in [1.29, 1.82) is 0 Å². The van der Waals surface area contributed by atoms with Gasteiger partial charge in [-0.3, -0.25) is 14.5 Å². The summed E-state index contributed by atoms with van der Waals surface area (Å²) >= 11 is 6.91. The van der Waals surface area contributed by atoms with Gasteiger partial charge in [-0.25, -0.2) is 0 Å². The number of anilines is 1. The highest BCUT2D eigenvalue weighted by Gasteiger charge is 2.43. The molecule has 0 fully saturated rings. The van der Waals surface area contributed by atoms with Crippen molar-refractivity contribution in [2.75, 3.05) is 4.90 Å². The molecule has 0 radical (unpaired) electrons. The lowest BCUT2D eigenvalue weighted by atomic mass is 9.81. The summed E-state index contributed by atoms with van der Waals surface area (Å²) in [5.41, 5.74) is 3.98. The van der Waals surface area contributed by atoms with E-state index in [1.54, 1.807) is 4.90 Å². The van der Waals surface area contributed by atoms with Crippen LogP contribution in [0.3, 0.4) is 0 Å². The molecule has 6 heteroatoms. The van der Waals surface area contributed by atoms with E-state index in [1.807, 2.05) is 74.7 Å². The first-order valence-electron chi connectivity index (χ1n) is 11.8. The maximum atomic E-state index is 14.0. The first kappa shape index (κ1) is 24.3. The number of benzene rings is 2. The number of nitrogens with zero attached hydrogens (tertiary/aromatic N) is 2. The first-order valence-corrected chi connectivity index (χ1v) is 12.1. The van der Waals surface area contributed by atoms with Crippen LogP contribution in [0, 0.1) is 19.3 Å². The predicted octanol–water partition coefficient (Wildman–Crippen LogP) is 6.33. The Morgan fingerprint density at radius 2 is 1.74 bits per heavy atom. The Kier molecular flexibility index (Phi) is 6.05. The summed E-state index contributed by atoms with van der Waals surface area (Å²) in [4.78, 5) is 29.2. The van der Waals surface area contributed by atoms with E-state index >= 15 is 0 Å². The molecular weight excluding hydrogens is 446 g/mol. The third kappa shape index (κ3) is 4.46. The second kappa shape index (κ2) is 8.46. The van der Waals surface area contributed by atoms with E-state index in [1.165, 1.54) is 0 Å². The van der Waals surface area contributed by atoms with Gasteiger partial charge in [-0.2, -0.15) is 0 Å². The number of rotatable bonds is 4.